The molecule has 1 aromatic carbocycles. The summed E-state index contributed by atoms with van der Waals surface area (Å²) in [5.41, 5.74) is 7.56. The second kappa shape index (κ2) is 4.68. The number of hydrogen-bond acceptors (Lipinski definition) is 3. The van der Waals surface area contributed by atoms with E-state index < -0.39 is 0 Å². The number of nitrogens with zero attached hydrogens (tertiary/aromatic N) is 2. The van der Waals surface area contributed by atoms with Crippen molar-refractivity contribution in [2.24, 2.45) is 5.73 Å². The Morgan fingerprint density at radius 2 is 2.14 bits per heavy atom. The molecule has 1 aromatic heterocycles. The van der Waals surface area contributed by atoms with Gasteiger partial charge >= 0.3 is 0 Å². The monoisotopic (exact) mass is 273 g/mol. The van der Waals surface area contributed by atoms with Crippen LogP contribution in [0.1, 0.15) is 5.56 Å². The molecule has 2 N–H and O–H groups in total. The van der Waals surface area contributed by atoms with E-state index in [0.29, 0.717) is 6.54 Å². The fourth-order valence-corrected chi connectivity index (χ4v) is 1.69. The highest BCUT2D eigenvalue weighted by atomic mass is 79.9. The number of halogens is 2. The quantitative estimate of drug-likeness (QED) is 0.868. The lowest BCUT2D eigenvalue weighted by molar-refractivity contribution is 1.07. The molecule has 0 saturated heterocycles. The first kappa shape index (κ1) is 11.4. The Morgan fingerprint density at radius 3 is 2.86 bits per heavy atom. The summed E-state index contributed by atoms with van der Waals surface area (Å²) < 4.78 is 1.00. The zero-order valence-electron chi connectivity index (χ0n) is 7.27. The fraction of sp³-hybridized carbons (Fsp3) is 0.111. The van der Waals surface area contributed by atoms with Gasteiger partial charge < -0.3 is 5.73 Å². The zero-order chi connectivity index (χ0) is 9.26. The molecule has 0 saturated carbocycles. The maximum atomic E-state index is 5.59. The van der Waals surface area contributed by atoms with Crippen LogP contribution < -0.4 is 5.73 Å². The van der Waals surface area contributed by atoms with Crippen molar-refractivity contribution in [1.29, 1.82) is 0 Å². The number of fused-ring (bicyclic) bond motifs is 1. The molecule has 5 heteroatoms. The standard InChI is InChI=1S/C9H8BrN3.ClH/c10-8-2-1-6(3-11)9-7(8)4-12-5-13-9;/h1-2,4-5H,3,11H2;1H. The molecule has 0 fully saturated rings. The second-order valence-corrected chi connectivity index (χ2v) is 3.55. The number of aromatic nitrogens is 2. The smallest absolute Gasteiger partial charge is 0.116 e. The van der Waals surface area contributed by atoms with Crippen molar-refractivity contribution >= 4 is 39.2 Å². The van der Waals surface area contributed by atoms with E-state index in [-0.39, 0.29) is 12.4 Å². The van der Waals surface area contributed by atoms with Gasteiger partial charge in [-0.15, -0.1) is 12.4 Å². The third-order valence-electron chi connectivity index (χ3n) is 1.92. The molecule has 0 amide bonds. The van der Waals surface area contributed by atoms with E-state index in [0.717, 1.165) is 20.9 Å². The van der Waals surface area contributed by atoms with E-state index in [1.54, 1.807) is 6.20 Å². The van der Waals surface area contributed by atoms with Crippen molar-refractivity contribution in [2.45, 2.75) is 6.54 Å². The lowest BCUT2D eigenvalue weighted by Crippen LogP contribution is -1.98. The first-order chi connectivity index (χ1) is 6.33. The Morgan fingerprint density at radius 1 is 1.36 bits per heavy atom. The summed E-state index contributed by atoms with van der Waals surface area (Å²) >= 11 is 3.44. The Bertz CT molecular complexity index is 447. The molecule has 0 radical (unpaired) electrons. The van der Waals surface area contributed by atoms with E-state index >= 15 is 0 Å². The molecule has 0 atom stereocenters. The number of benzene rings is 1. The van der Waals surface area contributed by atoms with Gasteiger partial charge in [0.1, 0.15) is 6.33 Å². The van der Waals surface area contributed by atoms with Gasteiger partial charge in [-0.3, -0.25) is 0 Å². The maximum Gasteiger partial charge on any atom is 0.116 e. The van der Waals surface area contributed by atoms with E-state index in [1.165, 1.54) is 6.33 Å². The summed E-state index contributed by atoms with van der Waals surface area (Å²) in [6.07, 6.45) is 3.32. The maximum absolute atomic E-state index is 5.59. The Kier molecular flexibility index (Phi) is 3.80. The van der Waals surface area contributed by atoms with E-state index in [4.69, 9.17) is 5.73 Å². The molecule has 0 spiro atoms. The lowest BCUT2D eigenvalue weighted by atomic mass is 10.1. The van der Waals surface area contributed by atoms with Crippen molar-refractivity contribution in [2.75, 3.05) is 0 Å². The highest BCUT2D eigenvalue weighted by molar-refractivity contribution is 9.10. The van der Waals surface area contributed by atoms with Crippen molar-refractivity contribution in [3.63, 3.8) is 0 Å². The average Bonchev–Trinajstić information content (AvgIpc) is 2.19. The molecule has 0 unspecified atom stereocenters. The highest BCUT2D eigenvalue weighted by Crippen LogP contribution is 2.23. The van der Waals surface area contributed by atoms with Gasteiger partial charge in [0.05, 0.1) is 5.52 Å². The number of rotatable bonds is 1. The first-order valence-electron chi connectivity index (χ1n) is 3.90. The minimum Gasteiger partial charge on any atom is -0.326 e. The van der Waals surface area contributed by atoms with Crippen LogP contribution in [0.2, 0.25) is 0 Å². The van der Waals surface area contributed by atoms with Crippen molar-refractivity contribution in [3.8, 4) is 0 Å². The topological polar surface area (TPSA) is 51.8 Å². The van der Waals surface area contributed by atoms with Gasteiger partial charge in [0.2, 0.25) is 0 Å². The van der Waals surface area contributed by atoms with Crippen molar-refractivity contribution in [3.05, 3.63) is 34.7 Å². The van der Waals surface area contributed by atoms with Crippen LogP contribution in [-0.4, -0.2) is 9.97 Å². The molecule has 2 aromatic rings. The average molecular weight is 275 g/mol. The molecule has 14 heavy (non-hydrogen) atoms. The molecule has 2 rings (SSSR count). The van der Waals surface area contributed by atoms with Gasteiger partial charge in [-0.1, -0.05) is 22.0 Å². The molecule has 0 aliphatic rings. The Hall–Kier alpha value is -0.710. The SMILES string of the molecule is Cl.NCc1ccc(Br)c2cncnc12. The fourth-order valence-electron chi connectivity index (χ4n) is 1.27. The lowest BCUT2D eigenvalue weighted by Gasteiger charge is -2.03. The molecular formula is C9H9BrClN3. The van der Waals surface area contributed by atoms with Gasteiger partial charge in [0.25, 0.3) is 0 Å². The van der Waals surface area contributed by atoms with Crippen LogP contribution in [0.25, 0.3) is 10.9 Å². The second-order valence-electron chi connectivity index (χ2n) is 2.70. The predicted octanol–water partition coefficient (Wildman–Crippen LogP) is 2.27. The van der Waals surface area contributed by atoms with Crippen LogP contribution in [-0.2, 0) is 6.54 Å². The van der Waals surface area contributed by atoms with Crippen LogP contribution >= 0.6 is 28.3 Å². The molecule has 0 bridgehead atoms. The Balaban J connectivity index is 0.000000980. The summed E-state index contributed by atoms with van der Waals surface area (Å²) in [6.45, 7) is 0.501. The minimum atomic E-state index is 0. The van der Waals surface area contributed by atoms with Crippen LogP contribution in [0.4, 0.5) is 0 Å². The summed E-state index contributed by atoms with van der Waals surface area (Å²) in [6, 6.07) is 3.94. The van der Waals surface area contributed by atoms with Crippen molar-refractivity contribution < 1.29 is 0 Å². The molecule has 3 nitrogen and oxygen atoms in total. The minimum absolute atomic E-state index is 0. The molecular weight excluding hydrogens is 265 g/mol. The summed E-state index contributed by atoms with van der Waals surface area (Å²) in [5, 5.41) is 1.01. The number of hydrogen-bond donors (Lipinski definition) is 1. The largest absolute Gasteiger partial charge is 0.326 e. The van der Waals surface area contributed by atoms with Gasteiger partial charge in [-0.05, 0) is 11.6 Å². The summed E-state index contributed by atoms with van der Waals surface area (Å²) in [5.74, 6) is 0. The zero-order valence-corrected chi connectivity index (χ0v) is 9.68. The predicted molar refractivity (Wildman–Crippen MR) is 62.4 cm³/mol. The first-order valence-corrected chi connectivity index (χ1v) is 4.69. The number of nitrogens with two attached hydrogens (primary N) is 1. The van der Waals surface area contributed by atoms with E-state index in [2.05, 4.69) is 25.9 Å². The third kappa shape index (κ3) is 1.87. The van der Waals surface area contributed by atoms with Crippen LogP contribution in [0.15, 0.2) is 29.1 Å². The Labute approximate surface area is 96.3 Å². The molecule has 0 aliphatic carbocycles. The molecule has 74 valence electrons. The van der Waals surface area contributed by atoms with Gasteiger partial charge in [0, 0.05) is 22.6 Å². The van der Waals surface area contributed by atoms with Crippen LogP contribution in [0.3, 0.4) is 0 Å². The van der Waals surface area contributed by atoms with Crippen LogP contribution in [0.5, 0.6) is 0 Å². The van der Waals surface area contributed by atoms with E-state index in [1.807, 2.05) is 12.1 Å². The van der Waals surface area contributed by atoms with Gasteiger partial charge in [-0.25, -0.2) is 9.97 Å². The third-order valence-corrected chi connectivity index (χ3v) is 2.62. The van der Waals surface area contributed by atoms with Gasteiger partial charge in [0.15, 0.2) is 0 Å². The van der Waals surface area contributed by atoms with E-state index in [9.17, 15) is 0 Å². The van der Waals surface area contributed by atoms with Crippen molar-refractivity contribution in [1.82, 2.24) is 9.97 Å². The molecule has 1 heterocycles. The highest BCUT2D eigenvalue weighted by Gasteiger charge is 2.03. The van der Waals surface area contributed by atoms with Crippen LogP contribution in [0, 0.1) is 0 Å². The van der Waals surface area contributed by atoms with Gasteiger partial charge in [-0.2, -0.15) is 0 Å². The summed E-state index contributed by atoms with van der Waals surface area (Å²) in [4.78, 5) is 8.16. The normalized spacial score (nSPS) is 9.86. The molecule has 0 aliphatic heterocycles. The summed E-state index contributed by atoms with van der Waals surface area (Å²) in [7, 11) is 0.